The molecule has 1 aromatic heterocycles. The van der Waals surface area contributed by atoms with Crippen LogP contribution in [0.5, 0.6) is 0 Å². The van der Waals surface area contributed by atoms with Crippen molar-refractivity contribution in [2.24, 2.45) is 0 Å². The van der Waals surface area contributed by atoms with Crippen molar-refractivity contribution >= 4 is 23.9 Å². The second kappa shape index (κ2) is 4.76. The molecule has 0 aromatic carbocycles. The van der Waals surface area contributed by atoms with Crippen molar-refractivity contribution in [2.75, 3.05) is 13.6 Å². The van der Waals surface area contributed by atoms with Crippen molar-refractivity contribution in [1.82, 2.24) is 4.90 Å². The van der Waals surface area contributed by atoms with Gasteiger partial charge < -0.3 is 14.9 Å². The number of hydrogen-bond acceptors (Lipinski definition) is 4. The number of thiophene rings is 1. The third-order valence-corrected chi connectivity index (χ3v) is 2.93. The van der Waals surface area contributed by atoms with E-state index in [2.05, 4.69) is 11.8 Å². The molecular formula is C8H14BNO2S. The molecule has 0 radical (unpaired) electrons. The molecule has 0 amide bonds. The Kier molecular flexibility index (Phi) is 3.93. The maximum Gasteiger partial charge on any atom is 0.489 e. The highest BCUT2D eigenvalue weighted by Gasteiger charge is 2.17. The van der Waals surface area contributed by atoms with Crippen LogP contribution in [0.3, 0.4) is 0 Å². The van der Waals surface area contributed by atoms with Crippen LogP contribution < -0.4 is 5.46 Å². The fourth-order valence-electron chi connectivity index (χ4n) is 1.07. The zero-order chi connectivity index (χ0) is 9.84. The summed E-state index contributed by atoms with van der Waals surface area (Å²) in [5.41, 5.74) is 0.630. The molecule has 0 aliphatic heterocycles. The van der Waals surface area contributed by atoms with Gasteiger partial charge in [-0.15, -0.1) is 11.3 Å². The van der Waals surface area contributed by atoms with E-state index in [1.54, 1.807) is 17.4 Å². The Bertz CT molecular complexity index is 264. The first-order chi connectivity index (χ1) is 6.15. The zero-order valence-corrected chi connectivity index (χ0v) is 8.71. The zero-order valence-electron chi connectivity index (χ0n) is 7.90. The Hall–Kier alpha value is -0.355. The molecule has 0 atom stereocenters. The summed E-state index contributed by atoms with van der Waals surface area (Å²) in [7, 11) is 0.666. The van der Waals surface area contributed by atoms with Crippen LogP contribution in [-0.4, -0.2) is 35.7 Å². The van der Waals surface area contributed by atoms with E-state index < -0.39 is 7.12 Å². The van der Waals surface area contributed by atoms with Crippen LogP contribution in [0.15, 0.2) is 11.4 Å². The number of rotatable bonds is 4. The standard InChI is InChI=1S/C8H14BNO2S/c1-3-10(2)6-8-7(9(11)12)4-5-13-8/h4-5,11-12H,3,6H2,1-2H3. The molecular weight excluding hydrogens is 185 g/mol. The first-order valence-electron chi connectivity index (χ1n) is 4.26. The highest BCUT2D eigenvalue weighted by atomic mass is 32.1. The molecule has 2 N–H and O–H groups in total. The summed E-state index contributed by atoms with van der Waals surface area (Å²) in [5, 5.41) is 19.9. The Morgan fingerprint density at radius 1 is 1.54 bits per heavy atom. The van der Waals surface area contributed by atoms with E-state index in [0.717, 1.165) is 18.0 Å². The van der Waals surface area contributed by atoms with Gasteiger partial charge >= 0.3 is 7.12 Å². The van der Waals surface area contributed by atoms with Gasteiger partial charge in [0.05, 0.1) is 0 Å². The summed E-state index contributed by atoms with van der Waals surface area (Å²) >= 11 is 1.56. The summed E-state index contributed by atoms with van der Waals surface area (Å²) in [6, 6.07) is 1.76. The van der Waals surface area contributed by atoms with E-state index in [4.69, 9.17) is 10.0 Å². The highest BCUT2D eigenvalue weighted by molar-refractivity contribution is 7.11. The largest absolute Gasteiger partial charge is 0.489 e. The van der Waals surface area contributed by atoms with E-state index >= 15 is 0 Å². The van der Waals surface area contributed by atoms with Crippen molar-refractivity contribution in [3.8, 4) is 0 Å². The van der Waals surface area contributed by atoms with Gasteiger partial charge in [0.2, 0.25) is 0 Å². The van der Waals surface area contributed by atoms with Crippen LogP contribution in [0.1, 0.15) is 11.8 Å². The normalized spacial score (nSPS) is 10.8. The second-order valence-electron chi connectivity index (χ2n) is 3.00. The molecule has 72 valence electrons. The summed E-state index contributed by atoms with van der Waals surface area (Å²) in [6.07, 6.45) is 0. The lowest BCUT2D eigenvalue weighted by atomic mass is 9.80. The SMILES string of the molecule is CCN(C)Cc1sccc1B(O)O. The maximum atomic E-state index is 9.02. The molecule has 1 aromatic rings. The predicted molar refractivity (Wildman–Crippen MR) is 56.2 cm³/mol. The van der Waals surface area contributed by atoms with Crippen LogP contribution in [0, 0.1) is 0 Å². The number of hydrogen-bond donors (Lipinski definition) is 2. The van der Waals surface area contributed by atoms with Gasteiger partial charge in [0, 0.05) is 11.4 Å². The monoisotopic (exact) mass is 199 g/mol. The molecule has 0 aliphatic carbocycles. The van der Waals surface area contributed by atoms with Crippen molar-refractivity contribution in [2.45, 2.75) is 13.5 Å². The quantitative estimate of drug-likeness (QED) is 0.664. The summed E-state index contributed by atoms with van der Waals surface area (Å²) in [6.45, 7) is 3.81. The molecule has 5 heteroatoms. The van der Waals surface area contributed by atoms with Crippen LogP contribution in [0.2, 0.25) is 0 Å². The Morgan fingerprint density at radius 3 is 2.77 bits per heavy atom. The van der Waals surface area contributed by atoms with Crippen molar-refractivity contribution in [1.29, 1.82) is 0 Å². The smallest absolute Gasteiger partial charge is 0.423 e. The van der Waals surface area contributed by atoms with Gasteiger partial charge in [0.1, 0.15) is 0 Å². The average molecular weight is 199 g/mol. The summed E-state index contributed by atoms with van der Waals surface area (Å²) in [5.74, 6) is 0. The van der Waals surface area contributed by atoms with Crippen molar-refractivity contribution < 1.29 is 10.0 Å². The molecule has 0 aliphatic rings. The van der Waals surface area contributed by atoms with E-state index in [9.17, 15) is 0 Å². The number of nitrogens with zero attached hydrogens (tertiary/aromatic N) is 1. The Morgan fingerprint density at radius 2 is 2.23 bits per heavy atom. The summed E-state index contributed by atoms with van der Waals surface area (Å²) < 4.78 is 0. The predicted octanol–water partition coefficient (Wildman–Crippen LogP) is -0.120. The molecule has 0 bridgehead atoms. The van der Waals surface area contributed by atoms with E-state index in [0.29, 0.717) is 5.46 Å². The highest BCUT2D eigenvalue weighted by Crippen LogP contribution is 2.09. The van der Waals surface area contributed by atoms with Gasteiger partial charge in [-0.2, -0.15) is 0 Å². The van der Waals surface area contributed by atoms with Gasteiger partial charge in [-0.3, -0.25) is 0 Å². The molecule has 0 spiro atoms. The van der Waals surface area contributed by atoms with Crippen LogP contribution in [0.25, 0.3) is 0 Å². The minimum atomic E-state index is -1.34. The van der Waals surface area contributed by atoms with E-state index in [1.807, 2.05) is 12.4 Å². The van der Waals surface area contributed by atoms with Crippen molar-refractivity contribution in [3.05, 3.63) is 16.3 Å². The molecule has 1 heterocycles. The van der Waals surface area contributed by atoms with Crippen LogP contribution in [-0.2, 0) is 6.54 Å². The van der Waals surface area contributed by atoms with Crippen LogP contribution in [0.4, 0.5) is 0 Å². The first-order valence-corrected chi connectivity index (χ1v) is 5.14. The molecule has 0 fully saturated rings. The fraction of sp³-hybridized carbons (Fsp3) is 0.500. The molecule has 0 unspecified atom stereocenters. The van der Waals surface area contributed by atoms with Gasteiger partial charge in [-0.1, -0.05) is 13.0 Å². The lowest BCUT2D eigenvalue weighted by molar-refractivity contribution is 0.348. The first kappa shape index (κ1) is 10.7. The third kappa shape index (κ3) is 2.81. The lowest BCUT2D eigenvalue weighted by Crippen LogP contribution is -2.33. The molecule has 3 nitrogen and oxygen atoms in total. The Balaban J connectivity index is 2.70. The maximum absolute atomic E-state index is 9.02. The topological polar surface area (TPSA) is 43.7 Å². The minimum absolute atomic E-state index is 0.630. The lowest BCUT2D eigenvalue weighted by Gasteiger charge is -2.13. The van der Waals surface area contributed by atoms with Gasteiger partial charge in [0.15, 0.2) is 0 Å². The van der Waals surface area contributed by atoms with Crippen molar-refractivity contribution in [3.63, 3.8) is 0 Å². The molecule has 0 saturated heterocycles. The molecule has 13 heavy (non-hydrogen) atoms. The minimum Gasteiger partial charge on any atom is -0.423 e. The Labute approximate surface area is 82.8 Å². The third-order valence-electron chi connectivity index (χ3n) is 2.01. The molecule has 0 saturated carbocycles. The second-order valence-corrected chi connectivity index (χ2v) is 4.00. The van der Waals surface area contributed by atoms with E-state index in [-0.39, 0.29) is 0 Å². The van der Waals surface area contributed by atoms with Gasteiger partial charge in [-0.25, -0.2) is 0 Å². The molecule has 1 rings (SSSR count). The van der Waals surface area contributed by atoms with Gasteiger partial charge in [0.25, 0.3) is 0 Å². The van der Waals surface area contributed by atoms with Crippen LogP contribution >= 0.6 is 11.3 Å². The summed E-state index contributed by atoms with van der Waals surface area (Å²) in [4.78, 5) is 3.15. The fourth-order valence-corrected chi connectivity index (χ4v) is 2.05. The van der Waals surface area contributed by atoms with Gasteiger partial charge in [-0.05, 0) is 24.4 Å². The van der Waals surface area contributed by atoms with E-state index in [1.165, 1.54) is 0 Å². The average Bonchev–Trinajstić information content (AvgIpc) is 2.52.